The molecule has 2 aromatic rings. The molecule has 6 nitrogen and oxygen atoms in total. The number of methoxy groups -OCH3 is 1. The Morgan fingerprint density at radius 1 is 1.41 bits per heavy atom. The number of amides is 1. The van der Waals surface area contributed by atoms with Gasteiger partial charge in [0.05, 0.1) is 18.7 Å². The Balaban J connectivity index is 1.71. The summed E-state index contributed by atoms with van der Waals surface area (Å²) in [5.74, 6) is 0.110. The Kier molecular flexibility index (Phi) is 9.47. The zero-order valence-electron chi connectivity index (χ0n) is 18.8. The molecule has 0 spiro atoms. The Bertz CT molecular complexity index is 862. The van der Waals surface area contributed by atoms with Gasteiger partial charge in [-0.3, -0.25) is 9.69 Å². The van der Waals surface area contributed by atoms with E-state index in [1.807, 2.05) is 22.1 Å². The van der Waals surface area contributed by atoms with Gasteiger partial charge in [-0.25, -0.2) is 4.39 Å². The predicted octanol–water partition coefficient (Wildman–Crippen LogP) is 3.50. The third-order valence-electron chi connectivity index (χ3n) is 5.74. The lowest BCUT2D eigenvalue weighted by molar-refractivity contribution is -0.136. The van der Waals surface area contributed by atoms with Gasteiger partial charge in [-0.2, -0.15) is 0 Å². The number of hydrogen-bond donors (Lipinski definition) is 1. The number of fused-ring (bicyclic) bond motifs is 1. The summed E-state index contributed by atoms with van der Waals surface area (Å²) in [5, 5.41) is 12.2. The minimum atomic E-state index is -0.470. The number of ether oxygens (including phenoxy) is 2. The van der Waals surface area contributed by atoms with Crippen molar-refractivity contribution in [1.29, 1.82) is 0 Å². The molecule has 2 heterocycles. The number of halogens is 1. The number of benzene rings is 1. The summed E-state index contributed by atoms with van der Waals surface area (Å²) >= 11 is 1.69. The summed E-state index contributed by atoms with van der Waals surface area (Å²) in [7, 11) is 1.66. The Hall–Kier alpha value is -2.00. The first-order chi connectivity index (χ1) is 15.5. The van der Waals surface area contributed by atoms with Crippen LogP contribution in [0.5, 0.6) is 5.75 Å². The van der Waals surface area contributed by atoms with E-state index in [9.17, 15) is 14.3 Å². The van der Waals surface area contributed by atoms with E-state index in [0.29, 0.717) is 38.4 Å². The van der Waals surface area contributed by atoms with Gasteiger partial charge in [0.1, 0.15) is 18.2 Å². The van der Waals surface area contributed by atoms with Crippen LogP contribution < -0.4 is 4.74 Å². The first-order valence-corrected chi connectivity index (χ1v) is 12.0. The maximum atomic E-state index is 13.6. The molecule has 1 aliphatic heterocycles. The van der Waals surface area contributed by atoms with Crippen LogP contribution in [0.3, 0.4) is 0 Å². The molecule has 8 heteroatoms. The number of thiophene rings is 1. The zero-order chi connectivity index (χ0) is 22.9. The highest BCUT2D eigenvalue weighted by molar-refractivity contribution is 7.10. The van der Waals surface area contributed by atoms with Crippen molar-refractivity contribution in [1.82, 2.24) is 9.80 Å². The van der Waals surface area contributed by atoms with Crippen LogP contribution >= 0.6 is 11.3 Å². The van der Waals surface area contributed by atoms with Gasteiger partial charge in [-0.15, -0.1) is 11.3 Å². The number of rotatable bonds is 12. The molecule has 32 heavy (non-hydrogen) atoms. The number of hydrogen-bond acceptors (Lipinski definition) is 6. The van der Waals surface area contributed by atoms with Crippen LogP contribution in [-0.2, 0) is 16.0 Å². The van der Waals surface area contributed by atoms with Crippen molar-refractivity contribution in [3.8, 4) is 5.75 Å². The van der Waals surface area contributed by atoms with Crippen molar-refractivity contribution in [2.24, 2.45) is 0 Å². The van der Waals surface area contributed by atoms with Gasteiger partial charge in [-0.1, -0.05) is 13.0 Å². The monoisotopic (exact) mass is 464 g/mol. The SMILES string of the molecule is CCC(O)CN(CCCOC)CC(=O)N1CCc2sccc2C1COc1cccc(F)c1. The fraction of sp³-hybridized carbons (Fsp3) is 0.542. The van der Waals surface area contributed by atoms with E-state index in [4.69, 9.17) is 9.47 Å². The molecule has 0 saturated carbocycles. The number of aliphatic hydroxyl groups excluding tert-OH is 1. The first-order valence-electron chi connectivity index (χ1n) is 11.1. The molecule has 0 radical (unpaired) electrons. The molecule has 0 bridgehead atoms. The van der Waals surface area contributed by atoms with Gasteiger partial charge in [0.15, 0.2) is 0 Å². The minimum absolute atomic E-state index is 0.00964. The van der Waals surface area contributed by atoms with Gasteiger partial charge in [0.2, 0.25) is 5.91 Å². The molecule has 2 atom stereocenters. The molecular weight excluding hydrogens is 431 g/mol. The van der Waals surface area contributed by atoms with Crippen molar-refractivity contribution < 1.29 is 23.8 Å². The summed E-state index contributed by atoms with van der Waals surface area (Å²) < 4.78 is 24.6. The Morgan fingerprint density at radius 3 is 3.00 bits per heavy atom. The third-order valence-corrected chi connectivity index (χ3v) is 6.74. The average molecular weight is 465 g/mol. The Morgan fingerprint density at radius 2 is 2.25 bits per heavy atom. The summed E-state index contributed by atoms with van der Waals surface area (Å²) in [6.07, 6.45) is 1.78. The lowest BCUT2D eigenvalue weighted by Gasteiger charge is -2.37. The van der Waals surface area contributed by atoms with Gasteiger partial charge >= 0.3 is 0 Å². The number of carbonyl (C=O) groups excluding carboxylic acids is 1. The molecular formula is C24H33FN2O4S. The minimum Gasteiger partial charge on any atom is -0.491 e. The maximum absolute atomic E-state index is 13.6. The molecule has 2 unspecified atom stereocenters. The summed E-state index contributed by atoms with van der Waals surface area (Å²) in [4.78, 5) is 18.5. The normalized spacial score (nSPS) is 16.8. The lowest BCUT2D eigenvalue weighted by Crippen LogP contribution is -2.48. The van der Waals surface area contributed by atoms with E-state index in [-0.39, 0.29) is 30.9 Å². The van der Waals surface area contributed by atoms with Crippen LogP contribution in [0.4, 0.5) is 4.39 Å². The topological polar surface area (TPSA) is 62.2 Å². The highest BCUT2D eigenvalue weighted by Crippen LogP contribution is 2.34. The fourth-order valence-electron chi connectivity index (χ4n) is 3.98. The predicted molar refractivity (Wildman–Crippen MR) is 124 cm³/mol. The number of aliphatic hydroxyl groups is 1. The standard InChI is InChI=1S/C24H33FN2O4S/c1-3-19(28)15-26(10-5-12-30-2)16-24(29)27-11-8-23-21(9-13-32-23)22(27)17-31-20-7-4-6-18(25)14-20/h4,6-7,9,13-14,19,22,28H,3,5,8,10-12,15-17H2,1-2H3. The third kappa shape index (κ3) is 6.75. The molecule has 1 aliphatic rings. The second-order valence-corrected chi connectivity index (χ2v) is 9.06. The van der Waals surface area contributed by atoms with Crippen molar-refractivity contribution in [2.45, 2.75) is 38.3 Å². The summed E-state index contributed by atoms with van der Waals surface area (Å²) in [6.45, 7) is 4.79. The maximum Gasteiger partial charge on any atom is 0.237 e. The van der Waals surface area contributed by atoms with Crippen molar-refractivity contribution >= 4 is 17.2 Å². The highest BCUT2D eigenvalue weighted by atomic mass is 32.1. The van der Waals surface area contributed by atoms with E-state index < -0.39 is 6.10 Å². The van der Waals surface area contributed by atoms with Crippen LogP contribution in [0.2, 0.25) is 0 Å². The molecule has 1 N–H and O–H groups in total. The van der Waals surface area contributed by atoms with E-state index >= 15 is 0 Å². The van der Waals surface area contributed by atoms with Gasteiger partial charge in [0.25, 0.3) is 0 Å². The lowest BCUT2D eigenvalue weighted by atomic mass is 10.0. The van der Waals surface area contributed by atoms with Crippen molar-refractivity contribution in [3.05, 3.63) is 52.0 Å². The van der Waals surface area contributed by atoms with Crippen LogP contribution in [-0.4, -0.2) is 73.4 Å². The molecule has 0 aliphatic carbocycles. The van der Waals surface area contributed by atoms with E-state index in [1.165, 1.54) is 17.0 Å². The average Bonchev–Trinajstić information content (AvgIpc) is 3.26. The van der Waals surface area contributed by atoms with Crippen LogP contribution in [0.25, 0.3) is 0 Å². The Labute approximate surface area is 193 Å². The second-order valence-electron chi connectivity index (χ2n) is 8.06. The van der Waals surface area contributed by atoms with E-state index in [2.05, 4.69) is 6.07 Å². The number of nitrogens with zero attached hydrogens (tertiary/aromatic N) is 2. The number of carbonyl (C=O) groups is 1. The van der Waals surface area contributed by atoms with Crippen molar-refractivity contribution in [3.63, 3.8) is 0 Å². The van der Waals surface area contributed by atoms with Crippen LogP contribution in [0.15, 0.2) is 35.7 Å². The molecule has 1 amide bonds. The summed E-state index contributed by atoms with van der Waals surface area (Å²) in [5.41, 5.74) is 1.10. The smallest absolute Gasteiger partial charge is 0.237 e. The fourth-order valence-corrected chi connectivity index (χ4v) is 4.91. The molecule has 0 saturated heterocycles. The quantitative estimate of drug-likeness (QED) is 0.487. The molecule has 1 aromatic heterocycles. The van der Waals surface area contributed by atoms with Crippen LogP contribution in [0.1, 0.15) is 36.2 Å². The molecule has 3 rings (SSSR count). The van der Waals surface area contributed by atoms with Crippen molar-refractivity contribution in [2.75, 3.05) is 46.5 Å². The molecule has 1 aromatic carbocycles. The second kappa shape index (κ2) is 12.3. The highest BCUT2D eigenvalue weighted by Gasteiger charge is 2.33. The largest absolute Gasteiger partial charge is 0.491 e. The first kappa shape index (κ1) is 24.6. The zero-order valence-corrected chi connectivity index (χ0v) is 19.7. The van der Waals surface area contributed by atoms with E-state index in [1.54, 1.807) is 30.6 Å². The van der Waals surface area contributed by atoms with Gasteiger partial charge in [0, 0.05) is 44.3 Å². The van der Waals surface area contributed by atoms with Crippen LogP contribution in [0, 0.1) is 5.82 Å². The molecule has 0 fully saturated rings. The van der Waals surface area contributed by atoms with E-state index in [0.717, 1.165) is 18.4 Å². The van der Waals surface area contributed by atoms with Gasteiger partial charge in [-0.05, 0) is 48.4 Å². The summed E-state index contributed by atoms with van der Waals surface area (Å²) in [6, 6.07) is 7.89. The molecule has 176 valence electrons. The van der Waals surface area contributed by atoms with Gasteiger partial charge < -0.3 is 19.5 Å².